The number of carboxylic acid groups (broad SMARTS) is 1. The van der Waals surface area contributed by atoms with Gasteiger partial charge in [0.2, 0.25) is 0 Å². The van der Waals surface area contributed by atoms with E-state index < -0.39 is 18.3 Å². The second-order valence-corrected chi connectivity index (χ2v) is 10.1. The maximum absolute atomic E-state index is 15.5. The molecular weight excluding hydrogens is 474 g/mol. The summed E-state index contributed by atoms with van der Waals surface area (Å²) in [7, 11) is 1.58. The highest BCUT2D eigenvalue weighted by atomic mass is 19.1. The first kappa shape index (κ1) is 27.0. The number of piperidine rings is 1. The van der Waals surface area contributed by atoms with Crippen LogP contribution in [0.1, 0.15) is 62.0 Å². The van der Waals surface area contributed by atoms with Crippen molar-refractivity contribution in [3.8, 4) is 5.75 Å². The number of hydrogen-bond acceptors (Lipinski definition) is 4. The van der Waals surface area contributed by atoms with Crippen LogP contribution in [0.5, 0.6) is 5.75 Å². The lowest BCUT2D eigenvalue weighted by molar-refractivity contribution is -0.139. The Morgan fingerprint density at radius 3 is 2.68 bits per heavy atom. The van der Waals surface area contributed by atoms with Crippen molar-refractivity contribution >= 4 is 16.9 Å². The third kappa shape index (κ3) is 7.25. The lowest BCUT2D eigenvalue weighted by Crippen LogP contribution is -2.41. The number of carboxylic acids is 1. The van der Waals surface area contributed by atoms with Crippen LogP contribution in [0.15, 0.2) is 60.8 Å². The third-order valence-corrected chi connectivity index (χ3v) is 7.62. The smallest absolute Gasteiger partial charge is 0.303 e. The molecule has 0 amide bonds. The lowest BCUT2D eigenvalue weighted by atomic mass is 9.79. The van der Waals surface area contributed by atoms with Crippen molar-refractivity contribution in [3.63, 3.8) is 0 Å². The standard InChI is InChI=1S/C30H36F2N2O3/c1-37-24-10-12-29-26(19-24)25(13-15-33-29)28(32)11-9-21-14-17-34(20-23(21)18-30(35)36)16-5-8-27(31)22-6-3-2-4-7-22/h2-4,6-7,10,12-13,15,19,21,23,27-28H,5,8-9,11,14,16-18,20H2,1H3,(H,35,36)/t21-,23+,27?,28+/m1/s1. The van der Waals surface area contributed by atoms with Crippen LogP contribution < -0.4 is 4.74 Å². The van der Waals surface area contributed by atoms with E-state index in [0.717, 1.165) is 30.4 Å². The fourth-order valence-corrected chi connectivity index (χ4v) is 5.58. The van der Waals surface area contributed by atoms with Gasteiger partial charge >= 0.3 is 5.97 Å². The first-order valence-electron chi connectivity index (χ1n) is 13.1. The Hall–Kier alpha value is -3.06. The van der Waals surface area contributed by atoms with Crippen molar-refractivity contribution in [1.82, 2.24) is 9.88 Å². The maximum atomic E-state index is 15.5. The Balaban J connectivity index is 1.32. The topological polar surface area (TPSA) is 62.7 Å². The molecule has 4 atom stereocenters. The number of aromatic nitrogens is 1. The van der Waals surface area contributed by atoms with Gasteiger partial charge in [0.15, 0.2) is 0 Å². The Bertz CT molecular complexity index is 1160. The van der Waals surface area contributed by atoms with E-state index in [-0.39, 0.29) is 18.3 Å². The number of fused-ring (bicyclic) bond motifs is 1. The number of rotatable bonds is 12. The van der Waals surface area contributed by atoms with Gasteiger partial charge in [-0.3, -0.25) is 9.78 Å². The van der Waals surface area contributed by atoms with Crippen molar-refractivity contribution in [1.29, 1.82) is 0 Å². The molecule has 1 aliphatic heterocycles. The molecule has 1 fully saturated rings. The van der Waals surface area contributed by atoms with E-state index in [1.165, 1.54) is 0 Å². The number of halogens is 2. The molecule has 1 unspecified atom stereocenters. The number of benzene rings is 2. The zero-order valence-corrected chi connectivity index (χ0v) is 21.4. The molecule has 1 N–H and O–H groups in total. The molecule has 0 bridgehead atoms. The molecule has 1 aromatic heterocycles. The van der Waals surface area contributed by atoms with E-state index in [2.05, 4.69) is 9.88 Å². The van der Waals surface area contributed by atoms with Crippen LogP contribution in [0.3, 0.4) is 0 Å². The van der Waals surface area contributed by atoms with Crippen LogP contribution in [0.25, 0.3) is 10.9 Å². The summed E-state index contributed by atoms with van der Waals surface area (Å²) in [6, 6.07) is 16.4. The summed E-state index contributed by atoms with van der Waals surface area (Å²) in [4.78, 5) is 18.2. The zero-order chi connectivity index (χ0) is 26.2. The van der Waals surface area contributed by atoms with Gasteiger partial charge in [-0.2, -0.15) is 0 Å². The number of carbonyl (C=O) groups is 1. The average Bonchev–Trinajstić information content (AvgIpc) is 2.91. The number of methoxy groups -OCH3 is 1. The van der Waals surface area contributed by atoms with Crippen LogP contribution in [-0.4, -0.2) is 47.7 Å². The second kappa shape index (κ2) is 13.0. The van der Waals surface area contributed by atoms with E-state index >= 15 is 4.39 Å². The van der Waals surface area contributed by atoms with Crippen molar-refractivity contribution in [2.75, 3.05) is 26.7 Å². The molecule has 0 spiro atoms. The fraction of sp³-hybridized carbons (Fsp3) is 0.467. The summed E-state index contributed by atoms with van der Waals surface area (Å²) in [5.74, 6) is -0.0611. The van der Waals surface area contributed by atoms with Gasteiger partial charge in [-0.1, -0.05) is 30.3 Å². The van der Waals surface area contributed by atoms with Crippen molar-refractivity contribution < 1.29 is 23.4 Å². The zero-order valence-electron chi connectivity index (χ0n) is 21.4. The predicted molar refractivity (Wildman–Crippen MR) is 141 cm³/mol. The number of hydrogen-bond donors (Lipinski definition) is 1. The highest BCUT2D eigenvalue weighted by molar-refractivity contribution is 5.83. The van der Waals surface area contributed by atoms with Crippen molar-refractivity contribution in [2.24, 2.45) is 11.8 Å². The van der Waals surface area contributed by atoms with Gasteiger partial charge in [0.05, 0.1) is 12.6 Å². The number of aliphatic carboxylic acids is 1. The Morgan fingerprint density at radius 1 is 1.11 bits per heavy atom. The summed E-state index contributed by atoms with van der Waals surface area (Å²) < 4.78 is 35.3. The molecule has 7 heteroatoms. The number of alkyl halides is 2. The first-order valence-corrected chi connectivity index (χ1v) is 13.1. The summed E-state index contributed by atoms with van der Waals surface area (Å²) >= 11 is 0. The predicted octanol–water partition coefficient (Wildman–Crippen LogP) is 6.94. The highest BCUT2D eigenvalue weighted by Crippen LogP contribution is 2.36. The molecule has 1 aliphatic rings. The SMILES string of the molecule is COc1ccc2nccc([C@@H](F)CC[C@@H]3CCN(CCCC(F)c4ccccc4)C[C@@H]3CC(=O)O)c2c1. The van der Waals surface area contributed by atoms with Gasteiger partial charge in [0.1, 0.15) is 18.1 Å². The number of likely N-dealkylation sites (tertiary alicyclic amines) is 1. The van der Waals surface area contributed by atoms with Gasteiger partial charge in [-0.15, -0.1) is 0 Å². The summed E-state index contributed by atoms with van der Waals surface area (Å²) in [6.07, 6.45) is 2.49. The van der Waals surface area contributed by atoms with Crippen LogP contribution in [0.4, 0.5) is 8.78 Å². The molecule has 3 aromatic rings. The van der Waals surface area contributed by atoms with E-state index in [4.69, 9.17) is 4.74 Å². The largest absolute Gasteiger partial charge is 0.497 e. The minimum absolute atomic E-state index is 0.0389. The molecule has 37 heavy (non-hydrogen) atoms. The monoisotopic (exact) mass is 510 g/mol. The number of pyridine rings is 1. The van der Waals surface area contributed by atoms with E-state index in [0.29, 0.717) is 49.1 Å². The Morgan fingerprint density at radius 2 is 1.92 bits per heavy atom. The fourth-order valence-electron chi connectivity index (χ4n) is 5.58. The Kier molecular flexibility index (Phi) is 9.45. The van der Waals surface area contributed by atoms with E-state index in [1.807, 2.05) is 48.5 Å². The number of ether oxygens (including phenoxy) is 1. The average molecular weight is 511 g/mol. The minimum atomic E-state index is -1.17. The quantitative estimate of drug-likeness (QED) is 0.286. The molecular formula is C30H36F2N2O3. The molecule has 2 aromatic carbocycles. The second-order valence-electron chi connectivity index (χ2n) is 10.1. The normalized spacial score (nSPS) is 20.0. The van der Waals surface area contributed by atoms with E-state index in [9.17, 15) is 14.3 Å². The summed E-state index contributed by atoms with van der Waals surface area (Å²) in [5.41, 5.74) is 2.02. The van der Waals surface area contributed by atoms with Gasteiger partial charge < -0.3 is 14.7 Å². The molecule has 0 radical (unpaired) electrons. The van der Waals surface area contributed by atoms with Gasteiger partial charge in [-0.05, 0) is 92.4 Å². The molecule has 4 rings (SSSR count). The lowest BCUT2D eigenvalue weighted by Gasteiger charge is -2.38. The summed E-state index contributed by atoms with van der Waals surface area (Å²) in [6.45, 7) is 2.23. The van der Waals surface area contributed by atoms with Crippen molar-refractivity contribution in [2.45, 2.75) is 50.9 Å². The van der Waals surface area contributed by atoms with Crippen LogP contribution in [0, 0.1) is 11.8 Å². The minimum Gasteiger partial charge on any atom is -0.497 e. The van der Waals surface area contributed by atoms with Gasteiger partial charge in [-0.25, -0.2) is 8.78 Å². The maximum Gasteiger partial charge on any atom is 0.303 e. The molecule has 198 valence electrons. The van der Waals surface area contributed by atoms with Crippen LogP contribution in [0.2, 0.25) is 0 Å². The number of nitrogens with zero attached hydrogens (tertiary/aromatic N) is 2. The van der Waals surface area contributed by atoms with Crippen LogP contribution in [-0.2, 0) is 4.79 Å². The molecule has 5 nitrogen and oxygen atoms in total. The van der Waals surface area contributed by atoms with Gasteiger partial charge in [0, 0.05) is 24.5 Å². The van der Waals surface area contributed by atoms with Crippen molar-refractivity contribution in [3.05, 3.63) is 71.9 Å². The third-order valence-electron chi connectivity index (χ3n) is 7.62. The first-order chi connectivity index (χ1) is 17.9. The Labute approximate surface area is 217 Å². The highest BCUT2D eigenvalue weighted by Gasteiger charge is 2.31. The molecule has 0 aliphatic carbocycles. The molecule has 2 heterocycles. The van der Waals surface area contributed by atoms with Gasteiger partial charge in [0.25, 0.3) is 0 Å². The van der Waals surface area contributed by atoms with E-state index in [1.54, 1.807) is 19.4 Å². The van der Waals surface area contributed by atoms with Crippen LogP contribution >= 0.6 is 0 Å². The summed E-state index contributed by atoms with van der Waals surface area (Å²) in [5, 5.41) is 10.3. The molecule has 0 saturated carbocycles. The molecule has 1 saturated heterocycles.